The minimum Gasteiger partial charge on any atom is -0.454 e. The van der Waals surface area contributed by atoms with Crippen LogP contribution in [0.5, 0.6) is 11.5 Å². The second kappa shape index (κ2) is 5.70. The Hall–Kier alpha value is -3.62. The smallest absolute Gasteiger partial charge is 0.330 e. The molecule has 1 fully saturated rings. The van der Waals surface area contributed by atoms with Gasteiger partial charge in [0.2, 0.25) is 6.79 Å². The first-order valence-corrected chi connectivity index (χ1v) is 8.46. The van der Waals surface area contributed by atoms with Crippen LogP contribution in [0.1, 0.15) is 29.2 Å². The van der Waals surface area contributed by atoms with E-state index in [0.717, 1.165) is 12.8 Å². The summed E-state index contributed by atoms with van der Waals surface area (Å²) in [6.45, 7) is 0.146. The van der Waals surface area contributed by atoms with Gasteiger partial charge in [-0.1, -0.05) is 0 Å². The average Bonchev–Trinajstić information content (AvgIpc) is 3.37. The van der Waals surface area contributed by atoms with Gasteiger partial charge in [-0.2, -0.15) is 0 Å². The number of fused-ring (bicyclic) bond motifs is 2. The number of H-pyrrole nitrogens is 1. The summed E-state index contributed by atoms with van der Waals surface area (Å²) in [7, 11) is 0. The number of nitrogens with one attached hydrogen (secondary N) is 2. The van der Waals surface area contributed by atoms with Crippen molar-refractivity contribution >= 4 is 22.6 Å². The van der Waals surface area contributed by atoms with E-state index >= 15 is 0 Å². The van der Waals surface area contributed by atoms with Crippen LogP contribution in [0.2, 0.25) is 0 Å². The van der Waals surface area contributed by atoms with Crippen LogP contribution >= 0.6 is 0 Å². The molecule has 1 saturated carbocycles. The number of pyridine rings is 1. The lowest BCUT2D eigenvalue weighted by molar-refractivity contribution is 0.102. The molecule has 1 aliphatic carbocycles. The van der Waals surface area contributed by atoms with Gasteiger partial charge in [-0.05, 0) is 31.0 Å². The van der Waals surface area contributed by atoms with Crippen LogP contribution < -0.4 is 26.0 Å². The first-order valence-electron chi connectivity index (χ1n) is 8.46. The average molecular weight is 366 g/mol. The Kier molecular flexibility index (Phi) is 3.30. The fourth-order valence-electron chi connectivity index (χ4n) is 3.11. The van der Waals surface area contributed by atoms with Crippen molar-refractivity contribution in [3.63, 3.8) is 0 Å². The van der Waals surface area contributed by atoms with Crippen molar-refractivity contribution in [3.05, 3.63) is 56.9 Å². The van der Waals surface area contributed by atoms with E-state index in [9.17, 15) is 14.4 Å². The van der Waals surface area contributed by atoms with Crippen LogP contribution in [0.4, 0.5) is 5.69 Å². The lowest BCUT2D eigenvalue weighted by atomic mass is 10.2. The predicted octanol–water partition coefficient (Wildman–Crippen LogP) is 1.40. The summed E-state index contributed by atoms with van der Waals surface area (Å²) >= 11 is 0. The van der Waals surface area contributed by atoms with Gasteiger partial charge in [0.25, 0.3) is 11.5 Å². The number of hydrogen-bond donors (Lipinski definition) is 2. The summed E-state index contributed by atoms with van der Waals surface area (Å²) in [6, 6.07) is 6.55. The Balaban J connectivity index is 1.50. The SMILES string of the molecule is O=C(Nc1ccc2c(c1)OCO2)c1cnc2c(c1)c(=O)[nH]c(=O)n2C1CC1. The van der Waals surface area contributed by atoms with Gasteiger partial charge >= 0.3 is 5.69 Å². The summed E-state index contributed by atoms with van der Waals surface area (Å²) in [5.74, 6) is 0.742. The summed E-state index contributed by atoms with van der Waals surface area (Å²) < 4.78 is 12.0. The Morgan fingerprint density at radius 3 is 2.81 bits per heavy atom. The molecule has 27 heavy (non-hydrogen) atoms. The van der Waals surface area contributed by atoms with Crippen LogP contribution in [0.25, 0.3) is 11.0 Å². The minimum absolute atomic E-state index is 0.0534. The zero-order chi connectivity index (χ0) is 18.5. The van der Waals surface area contributed by atoms with Gasteiger partial charge in [0.05, 0.1) is 10.9 Å². The summed E-state index contributed by atoms with van der Waals surface area (Å²) in [5, 5.41) is 2.95. The van der Waals surface area contributed by atoms with Crippen molar-refractivity contribution in [1.29, 1.82) is 0 Å². The number of aromatic nitrogens is 3. The zero-order valence-electron chi connectivity index (χ0n) is 14.0. The number of benzene rings is 1. The molecule has 0 saturated heterocycles. The fourth-order valence-corrected chi connectivity index (χ4v) is 3.11. The van der Waals surface area contributed by atoms with Crippen molar-refractivity contribution in [1.82, 2.24) is 14.5 Å². The van der Waals surface area contributed by atoms with Crippen LogP contribution in [-0.4, -0.2) is 27.2 Å². The Morgan fingerprint density at radius 1 is 1.19 bits per heavy atom. The Morgan fingerprint density at radius 2 is 2.00 bits per heavy atom. The van der Waals surface area contributed by atoms with Gasteiger partial charge in [-0.3, -0.25) is 19.1 Å². The Labute approximate surface area is 151 Å². The third-order valence-electron chi connectivity index (χ3n) is 4.58. The highest BCUT2D eigenvalue weighted by atomic mass is 16.7. The van der Waals surface area contributed by atoms with E-state index in [1.165, 1.54) is 16.8 Å². The molecule has 2 aromatic heterocycles. The van der Waals surface area contributed by atoms with Gasteiger partial charge in [0.1, 0.15) is 5.65 Å². The molecule has 1 amide bonds. The van der Waals surface area contributed by atoms with E-state index < -0.39 is 17.2 Å². The van der Waals surface area contributed by atoms with Crippen molar-refractivity contribution in [3.8, 4) is 11.5 Å². The number of rotatable bonds is 3. The van der Waals surface area contributed by atoms with E-state index in [1.807, 2.05) is 0 Å². The van der Waals surface area contributed by atoms with E-state index in [-0.39, 0.29) is 23.8 Å². The van der Waals surface area contributed by atoms with Gasteiger partial charge in [-0.15, -0.1) is 0 Å². The number of anilines is 1. The number of amides is 1. The Bertz CT molecular complexity index is 1210. The highest BCUT2D eigenvalue weighted by Crippen LogP contribution is 2.35. The molecule has 5 rings (SSSR count). The number of hydrogen-bond acceptors (Lipinski definition) is 6. The maximum atomic E-state index is 12.6. The number of nitrogens with zero attached hydrogens (tertiary/aromatic N) is 2. The maximum Gasteiger partial charge on any atom is 0.330 e. The topological polar surface area (TPSA) is 115 Å². The number of ether oxygens (including phenoxy) is 2. The summed E-state index contributed by atoms with van der Waals surface area (Å²) in [4.78, 5) is 43.3. The van der Waals surface area contributed by atoms with Crippen LogP contribution in [0.15, 0.2) is 40.1 Å². The summed E-state index contributed by atoms with van der Waals surface area (Å²) in [5.41, 5.74) is 0.0101. The number of aromatic amines is 1. The predicted molar refractivity (Wildman–Crippen MR) is 95.4 cm³/mol. The maximum absolute atomic E-state index is 12.6. The zero-order valence-corrected chi connectivity index (χ0v) is 14.0. The highest BCUT2D eigenvalue weighted by molar-refractivity contribution is 6.05. The van der Waals surface area contributed by atoms with Gasteiger partial charge in [0.15, 0.2) is 11.5 Å². The monoisotopic (exact) mass is 366 g/mol. The molecule has 0 unspecified atom stereocenters. The molecule has 0 bridgehead atoms. The molecule has 2 N–H and O–H groups in total. The lowest BCUT2D eigenvalue weighted by Crippen LogP contribution is -2.30. The third kappa shape index (κ3) is 2.64. The minimum atomic E-state index is -0.558. The largest absolute Gasteiger partial charge is 0.454 e. The van der Waals surface area contributed by atoms with E-state index in [0.29, 0.717) is 22.8 Å². The first kappa shape index (κ1) is 15.6. The molecule has 9 nitrogen and oxygen atoms in total. The van der Waals surface area contributed by atoms with Crippen molar-refractivity contribution in [2.45, 2.75) is 18.9 Å². The van der Waals surface area contributed by atoms with Gasteiger partial charge in [0, 0.05) is 24.0 Å². The quantitative estimate of drug-likeness (QED) is 0.724. The van der Waals surface area contributed by atoms with Crippen molar-refractivity contribution in [2.24, 2.45) is 0 Å². The molecule has 3 aromatic rings. The van der Waals surface area contributed by atoms with E-state index in [2.05, 4.69) is 15.3 Å². The number of carbonyl (C=O) groups excluding carboxylic acids is 1. The molecule has 0 atom stereocenters. The lowest BCUT2D eigenvalue weighted by Gasteiger charge is -2.09. The molecule has 1 aliphatic heterocycles. The number of carbonyl (C=O) groups is 1. The molecular weight excluding hydrogens is 352 g/mol. The molecule has 136 valence electrons. The molecule has 2 aliphatic rings. The first-order chi connectivity index (χ1) is 13.1. The van der Waals surface area contributed by atoms with Crippen LogP contribution in [0.3, 0.4) is 0 Å². The van der Waals surface area contributed by atoms with Crippen LogP contribution in [0, 0.1) is 0 Å². The van der Waals surface area contributed by atoms with Gasteiger partial charge < -0.3 is 14.8 Å². The molecule has 0 spiro atoms. The molecule has 3 heterocycles. The molecule has 1 aromatic carbocycles. The fraction of sp³-hybridized carbons (Fsp3) is 0.222. The van der Waals surface area contributed by atoms with E-state index in [1.54, 1.807) is 18.2 Å². The second-order valence-electron chi connectivity index (χ2n) is 6.48. The standard InChI is InChI=1S/C18H14N4O5/c23-16(20-10-1-4-13-14(6-10)27-8-26-13)9-5-12-15(19-7-9)22(11-2-3-11)18(25)21-17(12)24/h1,4-7,11H,2-3,8H2,(H,20,23)(H,21,24,25). The van der Waals surface area contributed by atoms with Crippen molar-refractivity contribution in [2.75, 3.05) is 12.1 Å². The third-order valence-corrected chi connectivity index (χ3v) is 4.58. The normalized spacial score (nSPS) is 15.1. The molecular formula is C18H14N4O5. The van der Waals surface area contributed by atoms with Crippen molar-refractivity contribution < 1.29 is 14.3 Å². The van der Waals surface area contributed by atoms with E-state index in [4.69, 9.17) is 9.47 Å². The van der Waals surface area contributed by atoms with Gasteiger partial charge in [-0.25, -0.2) is 9.78 Å². The second-order valence-corrected chi connectivity index (χ2v) is 6.48. The molecule has 0 radical (unpaired) electrons. The van der Waals surface area contributed by atoms with Crippen LogP contribution in [-0.2, 0) is 0 Å². The summed E-state index contributed by atoms with van der Waals surface area (Å²) in [6.07, 6.45) is 3.10. The highest BCUT2D eigenvalue weighted by Gasteiger charge is 2.27. The molecule has 9 heteroatoms.